The maximum Gasteiger partial charge on any atom is 0.416 e. The summed E-state index contributed by atoms with van der Waals surface area (Å²) in [6, 6.07) is 2.80. The summed E-state index contributed by atoms with van der Waals surface area (Å²) in [7, 11) is 1.05. The number of fused-ring (bicyclic) bond motifs is 1. The van der Waals surface area contributed by atoms with Crippen LogP contribution in [-0.2, 0) is 28.0 Å². The van der Waals surface area contributed by atoms with Crippen molar-refractivity contribution in [3.05, 3.63) is 64.2 Å². The lowest BCUT2D eigenvalue weighted by Gasteiger charge is -2.42. The first-order chi connectivity index (χ1) is 17.5. The largest absolute Gasteiger partial charge is 0.449 e. The zero-order chi connectivity index (χ0) is 28.6. The average Bonchev–Trinajstić information content (AvgIpc) is 2.82. The highest BCUT2D eigenvalue weighted by molar-refractivity contribution is 5.90. The number of methoxy groups -OCH3 is 1. The molecule has 2 aromatic rings. The van der Waals surface area contributed by atoms with E-state index in [9.17, 15) is 44.3 Å². The molecule has 0 N–H and O–H groups in total. The molecule has 0 fully saturated rings. The summed E-state index contributed by atoms with van der Waals surface area (Å²) in [6.45, 7) is 3.18. The molecule has 210 valence electrons. The van der Waals surface area contributed by atoms with Gasteiger partial charge in [0.25, 0.3) is 0 Å². The maximum atomic E-state index is 13.6. The number of carbonyl (C=O) groups excluding carboxylic acids is 1. The van der Waals surface area contributed by atoms with Crippen LogP contribution in [0.3, 0.4) is 0 Å². The molecule has 0 saturated heterocycles. The van der Waals surface area contributed by atoms with E-state index >= 15 is 0 Å². The summed E-state index contributed by atoms with van der Waals surface area (Å²) in [6.07, 6.45) is -17.3. The molecular weight excluding hydrogens is 533 g/mol. The van der Waals surface area contributed by atoms with Gasteiger partial charge in [0.15, 0.2) is 0 Å². The molecule has 1 amide bonds. The predicted octanol–water partition coefficient (Wildman–Crippen LogP) is 8.36. The number of ether oxygens (including phenoxy) is 2. The smallest absolute Gasteiger partial charge is 0.416 e. The Morgan fingerprint density at radius 2 is 1.45 bits per heavy atom. The number of anilines is 1. The van der Waals surface area contributed by atoms with E-state index in [0.717, 1.165) is 30.2 Å². The molecule has 13 heteroatoms. The van der Waals surface area contributed by atoms with Gasteiger partial charge in [-0.1, -0.05) is 6.92 Å². The monoisotopic (exact) mass is 557 g/mol. The lowest BCUT2D eigenvalue weighted by molar-refractivity contribution is -0.143. The molecule has 1 aliphatic rings. The third-order valence-corrected chi connectivity index (χ3v) is 6.40. The number of benzene rings is 2. The van der Waals surface area contributed by atoms with Gasteiger partial charge in [-0.15, -0.1) is 0 Å². The first-order valence-corrected chi connectivity index (χ1v) is 11.5. The molecule has 0 unspecified atom stereocenters. The van der Waals surface area contributed by atoms with Crippen molar-refractivity contribution >= 4 is 11.8 Å². The Bertz CT molecular complexity index is 1130. The van der Waals surface area contributed by atoms with Crippen molar-refractivity contribution in [3.63, 3.8) is 0 Å². The minimum atomic E-state index is -5.13. The number of rotatable bonds is 5. The van der Waals surface area contributed by atoms with Crippen LogP contribution in [0.5, 0.6) is 0 Å². The van der Waals surface area contributed by atoms with Crippen molar-refractivity contribution in [1.82, 2.24) is 0 Å². The fourth-order valence-corrected chi connectivity index (χ4v) is 4.72. The number of alkyl halides is 9. The Balaban J connectivity index is 2.27. The van der Waals surface area contributed by atoms with E-state index < -0.39 is 64.9 Å². The van der Waals surface area contributed by atoms with Gasteiger partial charge in [0.1, 0.15) is 0 Å². The van der Waals surface area contributed by atoms with Crippen LogP contribution in [0.4, 0.5) is 50.0 Å². The number of amides is 1. The van der Waals surface area contributed by atoms with Gasteiger partial charge in [-0.25, -0.2) is 4.79 Å². The highest BCUT2D eigenvalue weighted by atomic mass is 19.4. The van der Waals surface area contributed by atoms with Crippen molar-refractivity contribution in [3.8, 4) is 0 Å². The maximum absolute atomic E-state index is 13.6. The summed E-state index contributed by atoms with van der Waals surface area (Å²) in [5.74, 6) is -1.13. The summed E-state index contributed by atoms with van der Waals surface area (Å²) < 4.78 is 132. The number of nitrogens with zero attached hydrogens (tertiary/aromatic N) is 1. The van der Waals surface area contributed by atoms with Crippen molar-refractivity contribution in [2.24, 2.45) is 0 Å². The Morgan fingerprint density at radius 3 is 1.89 bits per heavy atom. The second kappa shape index (κ2) is 10.7. The van der Waals surface area contributed by atoms with Crippen LogP contribution >= 0.6 is 0 Å². The van der Waals surface area contributed by atoms with E-state index in [1.807, 2.05) is 0 Å². The van der Waals surface area contributed by atoms with E-state index in [4.69, 9.17) is 9.47 Å². The van der Waals surface area contributed by atoms with Crippen LogP contribution in [-0.4, -0.2) is 25.9 Å². The van der Waals surface area contributed by atoms with Gasteiger partial charge < -0.3 is 9.47 Å². The minimum Gasteiger partial charge on any atom is -0.449 e. The second-order valence-electron chi connectivity index (χ2n) is 8.74. The molecule has 0 radical (unpaired) electrons. The molecule has 0 spiro atoms. The number of carbonyl (C=O) groups is 1. The Hall–Kier alpha value is -2.96. The van der Waals surface area contributed by atoms with E-state index in [2.05, 4.69) is 0 Å². The van der Waals surface area contributed by atoms with Gasteiger partial charge in [-0.05, 0) is 67.3 Å². The molecule has 3 atom stereocenters. The molecule has 4 nitrogen and oxygen atoms in total. The van der Waals surface area contributed by atoms with Gasteiger partial charge >= 0.3 is 24.6 Å². The lowest BCUT2D eigenvalue weighted by Crippen LogP contribution is -2.46. The van der Waals surface area contributed by atoms with Crippen molar-refractivity contribution < 1.29 is 53.8 Å². The molecule has 0 aliphatic carbocycles. The van der Waals surface area contributed by atoms with Crippen LogP contribution in [0.1, 0.15) is 66.5 Å². The summed E-state index contributed by atoms with van der Waals surface area (Å²) in [5.41, 5.74) is -4.88. The van der Waals surface area contributed by atoms with Crippen LogP contribution in [0.2, 0.25) is 0 Å². The number of halogens is 9. The highest BCUT2D eigenvalue weighted by Crippen LogP contribution is 2.49. The Morgan fingerprint density at radius 1 is 0.895 bits per heavy atom. The van der Waals surface area contributed by atoms with Gasteiger partial charge in [0.05, 0.1) is 35.1 Å². The van der Waals surface area contributed by atoms with Crippen LogP contribution in [0.25, 0.3) is 0 Å². The third kappa shape index (κ3) is 6.02. The zero-order valence-electron chi connectivity index (χ0n) is 20.4. The third-order valence-electron chi connectivity index (χ3n) is 6.40. The summed E-state index contributed by atoms with van der Waals surface area (Å²) in [4.78, 5) is 13.9. The standard InChI is InChI=1S/C25H24F9NO3/c1-4-17-12-19(18-11-14(23(26,27)28)6-7-20(18)35(17)22(36)38-5-2)21(37-3)13-8-15(24(29,30)31)10-16(9-13)25(32,33)34/h6-11,17,19,21H,4-5,12H2,1-3H3/t17-,19-,21+/m1/s1. The fourth-order valence-electron chi connectivity index (χ4n) is 4.72. The van der Waals surface area contributed by atoms with Gasteiger partial charge in [0, 0.05) is 19.1 Å². The topological polar surface area (TPSA) is 38.8 Å². The molecule has 0 saturated carbocycles. The molecule has 2 aromatic carbocycles. The van der Waals surface area contributed by atoms with Crippen molar-refractivity contribution in [1.29, 1.82) is 0 Å². The number of hydrogen-bond donors (Lipinski definition) is 0. The molecule has 0 bridgehead atoms. The molecule has 1 aliphatic heterocycles. The van der Waals surface area contributed by atoms with Gasteiger partial charge in [0.2, 0.25) is 0 Å². The van der Waals surface area contributed by atoms with E-state index in [-0.39, 0.29) is 36.8 Å². The van der Waals surface area contributed by atoms with E-state index in [1.165, 1.54) is 6.92 Å². The minimum absolute atomic E-state index is 0.00428. The lowest BCUT2D eigenvalue weighted by atomic mass is 9.78. The highest BCUT2D eigenvalue weighted by Gasteiger charge is 2.44. The number of hydrogen-bond acceptors (Lipinski definition) is 3. The Kier molecular flexibility index (Phi) is 8.30. The molecule has 3 rings (SSSR count). The summed E-state index contributed by atoms with van der Waals surface area (Å²) in [5, 5.41) is 0. The van der Waals surface area contributed by atoms with Crippen molar-refractivity contribution in [2.75, 3.05) is 18.6 Å². The first-order valence-electron chi connectivity index (χ1n) is 11.5. The second-order valence-corrected chi connectivity index (χ2v) is 8.74. The van der Waals surface area contributed by atoms with Gasteiger partial charge in [-0.2, -0.15) is 39.5 Å². The first kappa shape index (κ1) is 29.6. The van der Waals surface area contributed by atoms with Crippen LogP contribution in [0.15, 0.2) is 36.4 Å². The van der Waals surface area contributed by atoms with Crippen LogP contribution < -0.4 is 4.90 Å². The van der Waals surface area contributed by atoms with Crippen molar-refractivity contribution in [2.45, 2.75) is 63.3 Å². The normalized spacial score (nSPS) is 19.2. The molecule has 38 heavy (non-hydrogen) atoms. The quantitative estimate of drug-likeness (QED) is 0.347. The fraction of sp³-hybridized carbons (Fsp3) is 0.480. The van der Waals surface area contributed by atoms with Crippen LogP contribution in [0, 0.1) is 0 Å². The molecule has 0 aromatic heterocycles. The van der Waals surface area contributed by atoms with E-state index in [0.29, 0.717) is 12.1 Å². The predicted molar refractivity (Wildman–Crippen MR) is 119 cm³/mol. The molecular formula is C25H24F9NO3. The van der Waals surface area contributed by atoms with Gasteiger partial charge in [-0.3, -0.25) is 4.90 Å². The summed E-state index contributed by atoms with van der Waals surface area (Å²) >= 11 is 0. The SMILES string of the molecule is CCOC(=O)N1c2ccc(C(F)(F)F)cc2[C@H]([C@@H](OC)c2cc(C(F)(F)F)cc(C(F)(F)F)c2)C[C@H]1CC. The zero-order valence-corrected chi connectivity index (χ0v) is 20.4. The van der Waals surface area contributed by atoms with E-state index in [1.54, 1.807) is 6.92 Å². The average molecular weight is 557 g/mol. The molecule has 1 heterocycles. The Labute approximate surface area is 212 Å².